The van der Waals surface area contributed by atoms with Gasteiger partial charge in [0.1, 0.15) is 18.1 Å². The fraction of sp³-hybridized carbons (Fsp3) is 0.0833. The summed E-state index contributed by atoms with van der Waals surface area (Å²) in [5.41, 5.74) is 3.20. The minimum absolute atomic E-state index is 0.135. The minimum Gasteiger partial charge on any atom is -0.459 e. The zero-order valence-corrected chi connectivity index (χ0v) is 17.1. The van der Waals surface area contributed by atoms with Crippen LogP contribution in [0, 0.1) is 6.92 Å². The number of aliphatic hydroxyl groups excluding tert-OH is 1. The molecule has 1 aromatic heterocycles. The average Bonchev–Trinajstić information content (AvgIpc) is 3.22. The Balaban J connectivity index is 1.44. The highest BCUT2D eigenvalue weighted by molar-refractivity contribution is 7.80. The van der Waals surface area contributed by atoms with Gasteiger partial charge in [0.2, 0.25) is 0 Å². The van der Waals surface area contributed by atoms with E-state index in [-0.39, 0.29) is 17.6 Å². The van der Waals surface area contributed by atoms with E-state index in [1.54, 1.807) is 12.1 Å². The molecule has 6 heteroatoms. The summed E-state index contributed by atoms with van der Waals surface area (Å²) in [5, 5.41) is 17.2. The Hall–Kier alpha value is -3.48. The van der Waals surface area contributed by atoms with Crippen LogP contribution in [0.5, 0.6) is 0 Å². The molecule has 0 saturated carbocycles. The first kappa shape index (κ1) is 19.8. The van der Waals surface area contributed by atoms with Crippen molar-refractivity contribution < 1.29 is 14.3 Å². The summed E-state index contributed by atoms with van der Waals surface area (Å²) in [7, 11) is 0. The number of aliphatic hydroxyl groups is 1. The van der Waals surface area contributed by atoms with E-state index in [0.29, 0.717) is 17.1 Å². The Bertz CT molecular complexity index is 1250. The highest BCUT2D eigenvalue weighted by atomic mass is 32.1. The van der Waals surface area contributed by atoms with Crippen molar-refractivity contribution in [3.05, 3.63) is 89.7 Å². The van der Waals surface area contributed by atoms with Crippen LogP contribution in [0.2, 0.25) is 0 Å². The molecule has 1 heterocycles. The number of amides is 1. The van der Waals surface area contributed by atoms with Crippen LogP contribution in [-0.4, -0.2) is 16.1 Å². The van der Waals surface area contributed by atoms with E-state index < -0.39 is 0 Å². The van der Waals surface area contributed by atoms with Gasteiger partial charge in [-0.1, -0.05) is 30.3 Å². The van der Waals surface area contributed by atoms with E-state index in [1.165, 1.54) is 0 Å². The number of benzene rings is 3. The van der Waals surface area contributed by atoms with Gasteiger partial charge in [-0.3, -0.25) is 10.1 Å². The summed E-state index contributed by atoms with van der Waals surface area (Å²) in [6.45, 7) is 1.82. The van der Waals surface area contributed by atoms with Crippen LogP contribution in [0.3, 0.4) is 0 Å². The van der Waals surface area contributed by atoms with Crippen LogP contribution in [0.4, 0.5) is 5.69 Å². The summed E-state index contributed by atoms with van der Waals surface area (Å²) in [6.07, 6.45) is 0. The van der Waals surface area contributed by atoms with E-state index in [2.05, 4.69) is 10.6 Å². The third kappa shape index (κ3) is 4.25. The van der Waals surface area contributed by atoms with Crippen molar-refractivity contribution in [2.24, 2.45) is 0 Å². The molecule has 30 heavy (non-hydrogen) atoms. The fourth-order valence-corrected chi connectivity index (χ4v) is 3.50. The van der Waals surface area contributed by atoms with Crippen molar-refractivity contribution in [1.82, 2.24) is 5.32 Å². The third-order valence-electron chi connectivity index (χ3n) is 4.81. The maximum atomic E-state index is 12.6. The van der Waals surface area contributed by atoms with Gasteiger partial charge < -0.3 is 14.8 Å². The molecule has 3 aromatic carbocycles. The fourth-order valence-electron chi connectivity index (χ4n) is 3.29. The Morgan fingerprint density at radius 3 is 2.53 bits per heavy atom. The standard InChI is InChI=1S/C24H20N2O3S/c1-15-12-19(8-10-21(15)22-11-9-20(14-27)29-22)25-24(30)26-23(28)18-7-6-16-4-2-3-5-17(16)13-18/h2-13,27H,14H2,1H3,(H2,25,26,28,30). The quantitative estimate of drug-likeness (QED) is 0.407. The molecule has 0 aliphatic heterocycles. The second kappa shape index (κ2) is 8.49. The molecule has 0 bridgehead atoms. The second-order valence-corrected chi connectivity index (χ2v) is 7.33. The van der Waals surface area contributed by atoms with Gasteiger partial charge in [0.05, 0.1) is 0 Å². The Kier molecular flexibility index (Phi) is 5.61. The zero-order chi connectivity index (χ0) is 21.1. The molecule has 0 unspecified atom stereocenters. The van der Waals surface area contributed by atoms with Crippen molar-refractivity contribution in [2.45, 2.75) is 13.5 Å². The van der Waals surface area contributed by atoms with Crippen molar-refractivity contribution in [1.29, 1.82) is 0 Å². The largest absolute Gasteiger partial charge is 0.459 e. The van der Waals surface area contributed by atoms with Crippen molar-refractivity contribution in [3.63, 3.8) is 0 Å². The number of hydrogen-bond donors (Lipinski definition) is 3. The molecule has 0 saturated heterocycles. The molecule has 0 radical (unpaired) electrons. The highest BCUT2D eigenvalue weighted by Crippen LogP contribution is 2.27. The summed E-state index contributed by atoms with van der Waals surface area (Å²) < 4.78 is 5.60. The second-order valence-electron chi connectivity index (χ2n) is 6.92. The maximum absolute atomic E-state index is 12.6. The molecule has 5 nitrogen and oxygen atoms in total. The van der Waals surface area contributed by atoms with Gasteiger partial charge in [0.15, 0.2) is 5.11 Å². The Morgan fingerprint density at radius 1 is 1.00 bits per heavy atom. The first-order chi connectivity index (χ1) is 14.5. The number of hydrogen-bond acceptors (Lipinski definition) is 4. The van der Waals surface area contributed by atoms with Gasteiger partial charge in [-0.2, -0.15) is 0 Å². The zero-order valence-electron chi connectivity index (χ0n) is 16.3. The SMILES string of the molecule is Cc1cc(NC(=S)NC(=O)c2ccc3ccccc3c2)ccc1-c1ccc(CO)o1. The summed E-state index contributed by atoms with van der Waals surface area (Å²) in [4.78, 5) is 12.6. The number of carbonyl (C=O) groups is 1. The van der Waals surface area contributed by atoms with Crippen molar-refractivity contribution in [3.8, 4) is 11.3 Å². The molecule has 1 amide bonds. The lowest BCUT2D eigenvalue weighted by Crippen LogP contribution is -2.34. The van der Waals surface area contributed by atoms with Gasteiger partial charge in [0.25, 0.3) is 5.91 Å². The van der Waals surface area contributed by atoms with Crippen molar-refractivity contribution in [2.75, 3.05) is 5.32 Å². The summed E-state index contributed by atoms with van der Waals surface area (Å²) in [5.74, 6) is 0.943. The molecule has 0 aliphatic carbocycles. The first-order valence-corrected chi connectivity index (χ1v) is 9.86. The number of carbonyl (C=O) groups excluding carboxylic acids is 1. The molecule has 3 N–H and O–H groups in total. The van der Waals surface area contributed by atoms with Gasteiger partial charge in [-0.25, -0.2) is 0 Å². The Morgan fingerprint density at radius 2 is 1.80 bits per heavy atom. The third-order valence-corrected chi connectivity index (χ3v) is 5.01. The average molecular weight is 417 g/mol. The van der Waals surface area contributed by atoms with Crippen LogP contribution in [0.1, 0.15) is 21.7 Å². The number of aryl methyl sites for hydroxylation is 1. The van der Waals surface area contributed by atoms with Gasteiger partial charge >= 0.3 is 0 Å². The number of thiocarbonyl (C=S) groups is 1. The molecule has 4 rings (SSSR count). The van der Waals surface area contributed by atoms with Crippen LogP contribution < -0.4 is 10.6 Å². The van der Waals surface area contributed by atoms with E-state index in [9.17, 15) is 4.79 Å². The van der Waals surface area contributed by atoms with E-state index in [1.807, 2.05) is 67.6 Å². The summed E-state index contributed by atoms with van der Waals surface area (Å²) >= 11 is 5.31. The van der Waals surface area contributed by atoms with E-state index in [0.717, 1.165) is 27.6 Å². The number of anilines is 1. The predicted molar refractivity (Wildman–Crippen MR) is 122 cm³/mol. The highest BCUT2D eigenvalue weighted by Gasteiger charge is 2.11. The normalized spacial score (nSPS) is 10.7. The lowest BCUT2D eigenvalue weighted by molar-refractivity contribution is 0.0978. The topological polar surface area (TPSA) is 74.5 Å². The first-order valence-electron chi connectivity index (χ1n) is 9.45. The number of furan rings is 1. The molecule has 4 aromatic rings. The number of nitrogens with one attached hydrogen (secondary N) is 2. The van der Waals surface area contributed by atoms with Gasteiger partial charge in [-0.05, 0) is 77.9 Å². The monoisotopic (exact) mass is 416 g/mol. The molecule has 0 fully saturated rings. The van der Waals surface area contributed by atoms with Crippen LogP contribution >= 0.6 is 12.2 Å². The van der Waals surface area contributed by atoms with Gasteiger partial charge in [0, 0.05) is 16.8 Å². The molecule has 0 spiro atoms. The van der Waals surface area contributed by atoms with Crippen LogP contribution in [-0.2, 0) is 6.61 Å². The molecular formula is C24H20N2O3S. The Labute approximate surface area is 179 Å². The molecule has 0 aliphatic rings. The molecule has 150 valence electrons. The van der Waals surface area contributed by atoms with E-state index >= 15 is 0 Å². The smallest absolute Gasteiger partial charge is 0.257 e. The van der Waals surface area contributed by atoms with E-state index in [4.69, 9.17) is 21.7 Å². The van der Waals surface area contributed by atoms with Crippen LogP contribution in [0.15, 0.2) is 77.2 Å². The lowest BCUT2D eigenvalue weighted by Gasteiger charge is -2.12. The number of rotatable bonds is 4. The molecular weight excluding hydrogens is 396 g/mol. The van der Waals surface area contributed by atoms with Crippen molar-refractivity contribution >= 4 is 39.7 Å². The maximum Gasteiger partial charge on any atom is 0.257 e. The predicted octanol–water partition coefficient (Wildman–Crippen LogP) is 5.03. The minimum atomic E-state index is -0.265. The summed E-state index contributed by atoms with van der Waals surface area (Å²) in [6, 6.07) is 22.7. The number of fused-ring (bicyclic) bond motifs is 1. The van der Waals surface area contributed by atoms with Crippen LogP contribution in [0.25, 0.3) is 22.1 Å². The van der Waals surface area contributed by atoms with Gasteiger partial charge in [-0.15, -0.1) is 0 Å². The molecule has 0 atom stereocenters. The lowest BCUT2D eigenvalue weighted by atomic mass is 10.1.